The van der Waals surface area contributed by atoms with Crippen LogP contribution in [0.5, 0.6) is 11.5 Å². The van der Waals surface area contributed by atoms with Gasteiger partial charge in [0.2, 0.25) is 0 Å². The SMILES string of the molecule is Cl.NC(CO)Cc1ccccc1Oc1ccc(Cl)cc1. The monoisotopic (exact) mass is 313 g/mol. The molecule has 0 heterocycles. The molecule has 5 heteroatoms. The third-order valence-electron chi connectivity index (χ3n) is 2.73. The lowest BCUT2D eigenvalue weighted by Crippen LogP contribution is -2.26. The zero-order valence-electron chi connectivity index (χ0n) is 10.8. The first kappa shape index (κ1) is 16.8. The van der Waals surface area contributed by atoms with Crippen LogP contribution in [0.25, 0.3) is 0 Å². The molecular formula is C15H17Cl2NO2. The Morgan fingerprint density at radius 2 is 1.75 bits per heavy atom. The Kier molecular flexibility index (Phi) is 6.82. The topological polar surface area (TPSA) is 55.5 Å². The molecule has 2 aromatic rings. The molecule has 3 N–H and O–H groups in total. The molecule has 0 spiro atoms. The number of halogens is 2. The van der Waals surface area contributed by atoms with Crippen molar-refractivity contribution in [2.24, 2.45) is 5.73 Å². The average Bonchev–Trinajstić information content (AvgIpc) is 2.43. The highest BCUT2D eigenvalue weighted by Crippen LogP contribution is 2.26. The van der Waals surface area contributed by atoms with E-state index in [1.54, 1.807) is 12.1 Å². The summed E-state index contributed by atoms with van der Waals surface area (Å²) in [5.74, 6) is 1.46. The highest BCUT2D eigenvalue weighted by atomic mass is 35.5. The quantitative estimate of drug-likeness (QED) is 0.889. The van der Waals surface area contributed by atoms with Gasteiger partial charge in [-0.05, 0) is 42.3 Å². The van der Waals surface area contributed by atoms with Crippen molar-refractivity contribution in [3.8, 4) is 11.5 Å². The standard InChI is InChI=1S/C15H16ClNO2.ClH/c16-12-5-7-14(8-6-12)19-15-4-2-1-3-11(15)9-13(17)10-18;/h1-8,13,18H,9-10,17H2;1H. The van der Waals surface area contributed by atoms with Crippen molar-refractivity contribution >= 4 is 24.0 Å². The summed E-state index contributed by atoms with van der Waals surface area (Å²) in [5, 5.41) is 9.70. The van der Waals surface area contributed by atoms with E-state index in [4.69, 9.17) is 27.2 Å². The fourth-order valence-corrected chi connectivity index (χ4v) is 1.87. The molecule has 0 saturated carbocycles. The molecule has 1 unspecified atom stereocenters. The Morgan fingerprint density at radius 3 is 2.40 bits per heavy atom. The van der Waals surface area contributed by atoms with Crippen LogP contribution in [0.15, 0.2) is 48.5 Å². The Morgan fingerprint density at radius 1 is 1.10 bits per heavy atom. The summed E-state index contributed by atoms with van der Waals surface area (Å²) >= 11 is 5.83. The minimum Gasteiger partial charge on any atom is -0.457 e. The van der Waals surface area contributed by atoms with E-state index in [0.29, 0.717) is 11.4 Å². The fraction of sp³-hybridized carbons (Fsp3) is 0.200. The van der Waals surface area contributed by atoms with Gasteiger partial charge in [0, 0.05) is 11.1 Å². The smallest absolute Gasteiger partial charge is 0.130 e. The molecule has 3 nitrogen and oxygen atoms in total. The van der Waals surface area contributed by atoms with Crippen LogP contribution in [0.2, 0.25) is 5.02 Å². The van der Waals surface area contributed by atoms with Crippen molar-refractivity contribution in [2.45, 2.75) is 12.5 Å². The number of hydrogen-bond acceptors (Lipinski definition) is 3. The van der Waals surface area contributed by atoms with Gasteiger partial charge in [0.1, 0.15) is 11.5 Å². The lowest BCUT2D eigenvalue weighted by atomic mass is 10.1. The van der Waals surface area contributed by atoms with Gasteiger partial charge in [-0.2, -0.15) is 0 Å². The van der Waals surface area contributed by atoms with Crippen LogP contribution in [-0.2, 0) is 6.42 Å². The van der Waals surface area contributed by atoms with Gasteiger partial charge in [-0.1, -0.05) is 29.8 Å². The van der Waals surface area contributed by atoms with E-state index in [2.05, 4.69) is 0 Å². The van der Waals surface area contributed by atoms with Crippen LogP contribution in [0.3, 0.4) is 0 Å². The van der Waals surface area contributed by atoms with Gasteiger partial charge >= 0.3 is 0 Å². The first-order chi connectivity index (χ1) is 9.19. The number of benzene rings is 2. The number of aliphatic hydroxyl groups excluding tert-OH is 1. The molecular weight excluding hydrogens is 297 g/mol. The lowest BCUT2D eigenvalue weighted by molar-refractivity contribution is 0.264. The predicted molar refractivity (Wildman–Crippen MR) is 84.0 cm³/mol. The van der Waals surface area contributed by atoms with E-state index in [9.17, 15) is 0 Å². The molecule has 0 aliphatic heterocycles. The molecule has 1 atom stereocenters. The van der Waals surface area contributed by atoms with E-state index in [-0.39, 0.29) is 25.1 Å². The van der Waals surface area contributed by atoms with Gasteiger partial charge in [-0.3, -0.25) is 0 Å². The van der Waals surface area contributed by atoms with Crippen LogP contribution < -0.4 is 10.5 Å². The van der Waals surface area contributed by atoms with Gasteiger partial charge in [-0.15, -0.1) is 12.4 Å². The van der Waals surface area contributed by atoms with Crippen molar-refractivity contribution in [2.75, 3.05) is 6.61 Å². The normalized spacial score (nSPS) is 11.6. The van der Waals surface area contributed by atoms with Gasteiger partial charge in [0.25, 0.3) is 0 Å². The fourth-order valence-electron chi connectivity index (χ4n) is 1.75. The number of hydrogen-bond donors (Lipinski definition) is 2. The van der Waals surface area contributed by atoms with E-state index < -0.39 is 0 Å². The Bertz CT molecular complexity index is 532. The van der Waals surface area contributed by atoms with Gasteiger partial charge < -0.3 is 15.6 Å². The molecule has 0 fully saturated rings. The van der Waals surface area contributed by atoms with Crippen LogP contribution in [0, 0.1) is 0 Å². The van der Waals surface area contributed by atoms with Gasteiger partial charge in [0.05, 0.1) is 6.61 Å². The number of aliphatic hydroxyl groups is 1. The Labute approximate surface area is 129 Å². The molecule has 108 valence electrons. The number of ether oxygens (including phenoxy) is 1. The maximum Gasteiger partial charge on any atom is 0.130 e. The first-order valence-corrected chi connectivity index (χ1v) is 6.44. The van der Waals surface area contributed by atoms with Crippen LogP contribution in [0.4, 0.5) is 0 Å². The van der Waals surface area contributed by atoms with E-state index in [1.807, 2.05) is 36.4 Å². The summed E-state index contributed by atoms with van der Waals surface area (Å²) in [6, 6.07) is 14.5. The lowest BCUT2D eigenvalue weighted by Gasteiger charge is -2.13. The average molecular weight is 314 g/mol. The van der Waals surface area contributed by atoms with E-state index >= 15 is 0 Å². The Hall–Kier alpha value is -1.26. The third-order valence-corrected chi connectivity index (χ3v) is 2.98. The molecule has 0 saturated heterocycles. The van der Waals surface area contributed by atoms with Gasteiger partial charge in [0.15, 0.2) is 0 Å². The molecule has 2 aromatic carbocycles. The highest BCUT2D eigenvalue weighted by molar-refractivity contribution is 6.30. The summed E-state index contributed by atoms with van der Waals surface area (Å²) in [4.78, 5) is 0. The van der Waals surface area contributed by atoms with Crippen molar-refractivity contribution in [3.63, 3.8) is 0 Å². The molecule has 0 aliphatic rings. The molecule has 0 radical (unpaired) electrons. The summed E-state index contributed by atoms with van der Waals surface area (Å²) in [5.41, 5.74) is 6.74. The van der Waals surface area contributed by atoms with Crippen molar-refractivity contribution < 1.29 is 9.84 Å². The largest absolute Gasteiger partial charge is 0.457 e. The first-order valence-electron chi connectivity index (χ1n) is 6.07. The number of rotatable bonds is 5. The maximum absolute atomic E-state index is 9.03. The Balaban J connectivity index is 0.00000200. The molecule has 20 heavy (non-hydrogen) atoms. The van der Waals surface area contributed by atoms with Crippen molar-refractivity contribution in [1.29, 1.82) is 0 Å². The molecule has 0 bridgehead atoms. The summed E-state index contributed by atoms with van der Waals surface area (Å²) in [6.07, 6.45) is 0.570. The minimum atomic E-state index is -0.282. The van der Waals surface area contributed by atoms with Crippen LogP contribution in [0.1, 0.15) is 5.56 Å². The van der Waals surface area contributed by atoms with Crippen molar-refractivity contribution in [3.05, 3.63) is 59.1 Å². The second-order valence-corrected chi connectivity index (χ2v) is 4.75. The van der Waals surface area contributed by atoms with Crippen LogP contribution in [-0.4, -0.2) is 17.8 Å². The number of nitrogens with two attached hydrogens (primary N) is 1. The predicted octanol–water partition coefficient (Wildman–Crippen LogP) is 3.42. The van der Waals surface area contributed by atoms with E-state index in [0.717, 1.165) is 17.1 Å². The second kappa shape index (κ2) is 8.12. The van der Waals surface area contributed by atoms with Crippen LogP contribution >= 0.6 is 24.0 Å². The third kappa shape index (κ3) is 4.69. The zero-order chi connectivity index (χ0) is 13.7. The molecule has 0 aromatic heterocycles. The van der Waals surface area contributed by atoms with Gasteiger partial charge in [-0.25, -0.2) is 0 Å². The van der Waals surface area contributed by atoms with Crippen molar-refractivity contribution in [1.82, 2.24) is 0 Å². The zero-order valence-corrected chi connectivity index (χ0v) is 12.4. The summed E-state index contributed by atoms with van der Waals surface area (Å²) in [7, 11) is 0. The van der Waals surface area contributed by atoms with E-state index in [1.165, 1.54) is 0 Å². The summed E-state index contributed by atoms with van der Waals surface area (Å²) < 4.78 is 5.81. The highest BCUT2D eigenvalue weighted by Gasteiger charge is 2.08. The minimum absolute atomic E-state index is 0. The maximum atomic E-state index is 9.03. The molecule has 2 rings (SSSR count). The number of para-hydroxylation sites is 1. The molecule has 0 amide bonds. The molecule has 0 aliphatic carbocycles. The summed E-state index contributed by atoms with van der Waals surface area (Å²) in [6.45, 7) is -0.0463. The second-order valence-electron chi connectivity index (χ2n) is 4.31.